The Hall–Kier alpha value is -1.56. The second-order valence-electron chi connectivity index (χ2n) is 6.74. The van der Waals surface area contributed by atoms with Crippen LogP contribution < -0.4 is 24.8 Å². The van der Waals surface area contributed by atoms with E-state index in [1.54, 1.807) is 13.1 Å². The van der Waals surface area contributed by atoms with Crippen LogP contribution in [0.1, 0.15) is 25.3 Å². The predicted octanol–water partition coefficient (Wildman–Crippen LogP) is 2.78. The van der Waals surface area contributed by atoms with Crippen molar-refractivity contribution in [3.05, 3.63) is 17.7 Å². The fourth-order valence-electron chi connectivity index (χ4n) is 2.94. The third kappa shape index (κ3) is 5.97. The molecule has 0 amide bonds. The van der Waals surface area contributed by atoms with Gasteiger partial charge in [0.25, 0.3) is 0 Å². The highest BCUT2D eigenvalue weighted by Crippen LogP contribution is 2.38. The average Bonchev–Trinajstić information content (AvgIpc) is 3.39. The third-order valence-electron chi connectivity index (χ3n) is 4.82. The Bertz CT molecular complexity index is 689. The Morgan fingerprint density at radius 1 is 1.29 bits per heavy atom. The quantitative estimate of drug-likeness (QED) is 0.318. The Kier molecular flexibility index (Phi) is 8.35. The molecule has 0 radical (unpaired) electrons. The average molecular weight is 512 g/mol. The maximum absolute atomic E-state index is 12.7. The lowest BCUT2D eigenvalue weighted by molar-refractivity contribution is -0.0505. The molecule has 158 valence electrons. The van der Waals surface area contributed by atoms with Crippen molar-refractivity contribution in [3.8, 4) is 17.2 Å². The molecule has 0 aromatic heterocycles. The van der Waals surface area contributed by atoms with Crippen LogP contribution in [0.4, 0.5) is 8.78 Å². The van der Waals surface area contributed by atoms with Crippen molar-refractivity contribution in [2.24, 2.45) is 4.99 Å². The van der Waals surface area contributed by atoms with E-state index in [0.717, 1.165) is 6.54 Å². The van der Waals surface area contributed by atoms with Crippen LogP contribution in [0.2, 0.25) is 0 Å². The number of hydrogen-bond acceptors (Lipinski definition) is 5. The minimum Gasteiger partial charge on any atom is -0.454 e. The van der Waals surface area contributed by atoms with Crippen molar-refractivity contribution in [2.45, 2.75) is 45.0 Å². The lowest BCUT2D eigenvalue weighted by Gasteiger charge is -2.25. The van der Waals surface area contributed by atoms with Crippen molar-refractivity contribution >= 4 is 29.9 Å². The molecule has 10 heteroatoms. The van der Waals surface area contributed by atoms with Gasteiger partial charge in [-0.1, -0.05) is 0 Å². The fraction of sp³-hybridized carbons (Fsp3) is 0.611. The molecule has 3 rings (SSSR count). The van der Waals surface area contributed by atoms with E-state index in [0.29, 0.717) is 35.1 Å². The number of hydrogen-bond donors (Lipinski definition) is 2. The van der Waals surface area contributed by atoms with E-state index >= 15 is 0 Å². The molecule has 1 aromatic rings. The number of halogens is 3. The maximum Gasteiger partial charge on any atom is 0.387 e. The summed E-state index contributed by atoms with van der Waals surface area (Å²) in [7, 11) is 3.79. The molecule has 0 spiro atoms. The van der Waals surface area contributed by atoms with Gasteiger partial charge in [-0.15, -0.1) is 24.0 Å². The first-order valence-electron chi connectivity index (χ1n) is 9.01. The zero-order chi connectivity index (χ0) is 19.4. The number of likely N-dealkylation sites (N-methyl/N-ethyl adjacent to an activating group) is 1. The molecular formula is C18H27F2IN4O3. The summed E-state index contributed by atoms with van der Waals surface area (Å²) in [6.45, 7) is 0.292. The lowest BCUT2D eigenvalue weighted by atomic mass is 10.1. The standard InChI is InChI=1S/C18H26F2N4O3.HI/c1-11(24(3)13-4-5-13)8-22-18(21-2)23-9-12-6-15-16(26-10-25-15)7-14(12)27-17(19)20;/h6-7,11,13,17H,4-5,8-10H2,1-3H3,(H2,21,22,23);1H. The van der Waals surface area contributed by atoms with E-state index in [-0.39, 0.29) is 43.1 Å². The van der Waals surface area contributed by atoms with E-state index in [4.69, 9.17) is 9.47 Å². The lowest BCUT2D eigenvalue weighted by Crippen LogP contribution is -2.45. The van der Waals surface area contributed by atoms with Crippen LogP contribution in [0.5, 0.6) is 17.2 Å². The molecule has 7 nitrogen and oxygen atoms in total. The number of guanidine groups is 1. The zero-order valence-electron chi connectivity index (χ0n) is 16.2. The second kappa shape index (κ2) is 10.3. The van der Waals surface area contributed by atoms with Gasteiger partial charge in [-0.2, -0.15) is 8.78 Å². The molecule has 1 unspecified atom stereocenters. The van der Waals surface area contributed by atoms with E-state index in [9.17, 15) is 8.78 Å². The Morgan fingerprint density at radius 2 is 1.96 bits per heavy atom. The van der Waals surface area contributed by atoms with Crippen LogP contribution in [0, 0.1) is 0 Å². The van der Waals surface area contributed by atoms with Gasteiger partial charge in [0.05, 0.1) is 0 Å². The first-order valence-corrected chi connectivity index (χ1v) is 9.01. The molecule has 1 aliphatic heterocycles. The van der Waals surface area contributed by atoms with Crippen LogP contribution in [-0.2, 0) is 6.54 Å². The summed E-state index contributed by atoms with van der Waals surface area (Å²) in [4.78, 5) is 6.54. The Balaban J connectivity index is 0.00000280. The molecule has 1 heterocycles. The Labute approximate surface area is 180 Å². The second-order valence-corrected chi connectivity index (χ2v) is 6.74. The van der Waals surface area contributed by atoms with Gasteiger partial charge >= 0.3 is 6.61 Å². The number of benzene rings is 1. The van der Waals surface area contributed by atoms with Crippen molar-refractivity contribution in [3.63, 3.8) is 0 Å². The minimum absolute atomic E-state index is 0. The molecule has 1 aliphatic carbocycles. The number of aliphatic imine (C=N–C) groups is 1. The van der Waals surface area contributed by atoms with Crippen LogP contribution >= 0.6 is 24.0 Å². The molecule has 28 heavy (non-hydrogen) atoms. The van der Waals surface area contributed by atoms with E-state index < -0.39 is 6.61 Å². The molecule has 1 aromatic carbocycles. The van der Waals surface area contributed by atoms with Gasteiger partial charge in [-0.05, 0) is 32.9 Å². The van der Waals surface area contributed by atoms with Gasteiger partial charge in [-0.25, -0.2) is 0 Å². The van der Waals surface area contributed by atoms with Crippen molar-refractivity contribution in [2.75, 3.05) is 27.4 Å². The summed E-state index contributed by atoms with van der Waals surface area (Å²) >= 11 is 0. The molecule has 0 saturated heterocycles. The normalized spacial score (nSPS) is 16.8. The van der Waals surface area contributed by atoms with E-state index in [1.165, 1.54) is 18.9 Å². The predicted molar refractivity (Wildman–Crippen MR) is 113 cm³/mol. The summed E-state index contributed by atoms with van der Waals surface area (Å²) in [6.07, 6.45) is 2.51. The van der Waals surface area contributed by atoms with Gasteiger partial charge in [0.2, 0.25) is 6.79 Å². The van der Waals surface area contributed by atoms with Crippen LogP contribution in [-0.4, -0.2) is 57.0 Å². The molecular weight excluding hydrogens is 485 g/mol. The third-order valence-corrected chi connectivity index (χ3v) is 4.82. The molecule has 1 saturated carbocycles. The number of rotatable bonds is 8. The molecule has 0 bridgehead atoms. The van der Waals surface area contributed by atoms with E-state index in [2.05, 4.69) is 39.2 Å². The number of nitrogens with one attached hydrogen (secondary N) is 2. The first-order chi connectivity index (χ1) is 13.0. The summed E-state index contributed by atoms with van der Waals surface area (Å²) < 4.78 is 40.6. The van der Waals surface area contributed by atoms with Gasteiger partial charge in [0, 0.05) is 43.9 Å². The van der Waals surface area contributed by atoms with E-state index in [1.807, 2.05) is 0 Å². The van der Waals surface area contributed by atoms with Crippen molar-refractivity contribution in [1.29, 1.82) is 0 Å². The molecule has 2 N–H and O–H groups in total. The zero-order valence-corrected chi connectivity index (χ0v) is 18.5. The van der Waals surface area contributed by atoms with Gasteiger partial charge in [-0.3, -0.25) is 9.89 Å². The van der Waals surface area contributed by atoms with Gasteiger partial charge in [0.1, 0.15) is 5.75 Å². The highest BCUT2D eigenvalue weighted by atomic mass is 127. The van der Waals surface area contributed by atoms with Gasteiger partial charge in [0.15, 0.2) is 17.5 Å². The maximum atomic E-state index is 12.7. The number of nitrogens with zero attached hydrogens (tertiary/aromatic N) is 2. The SMILES string of the molecule is CN=C(NCc1cc2c(cc1OC(F)F)OCO2)NCC(C)N(C)C1CC1.I. The number of ether oxygens (including phenoxy) is 3. The molecule has 1 fully saturated rings. The summed E-state index contributed by atoms with van der Waals surface area (Å²) in [6, 6.07) is 4.11. The van der Waals surface area contributed by atoms with Crippen molar-refractivity contribution < 1.29 is 23.0 Å². The number of alkyl halides is 2. The molecule has 2 aliphatic rings. The van der Waals surface area contributed by atoms with Crippen LogP contribution in [0.3, 0.4) is 0 Å². The van der Waals surface area contributed by atoms with Crippen molar-refractivity contribution in [1.82, 2.24) is 15.5 Å². The fourth-order valence-corrected chi connectivity index (χ4v) is 2.94. The molecule has 1 atom stereocenters. The van der Waals surface area contributed by atoms with Crippen LogP contribution in [0.15, 0.2) is 17.1 Å². The highest BCUT2D eigenvalue weighted by molar-refractivity contribution is 14.0. The topological polar surface area (TPSA) is 67.4 Å². The highest BCUT2D eigenvalue weighted by Gasteiger charge is 2.29. The smallest absolute Gasteiger partial charge is 0.387 e. The monoisotopic (exact) mass is 512 g/mol. The summed E-state index contributed by atoms with van der Waals surface area (Å²) in [5.74, 6) is 1.55. The minimum atomic E-state index is -2.92. The number of fused-ring (bicyclic) bond motifs is 1. The Morgan fingerprint density at radius 3 is 2.57 bits per heavy atom. The largest absolute Gasteiger partial charge is 0.454 e. The van der Waals surface area contributed by atoms with Crippen LogP contribution in [0.25, 0.3) is 0 Å². The summed E-state index contributed by atoms with van der Waals surface area (Å²) in [5, 5.41) is 6.40. The summed E-state index contributed by atoms with van der Waals surface area (Å²) in [5.41, 5.74) is 0.533. The first kappa shape index (κ1) is 22.7. The van der Waals surface area contributed by atoms with Gasteiger partial charge < -0.3 is 24.8 Å².